The van der Waals surface area contributed by atoms with Crippen molar-refractivity contribution in [2.45, 2.75) is 32.2 Å². The zero-order valence-corrected chi connectivity index (χ0v) is 16.0. The molecular weight excluding hydrogens is 408 g/mol. The number of carbonyl (C=O) groups excluding carboxylic acids is 3. The number of rotatable bonds is 3. The molecule has 132 valence electrons. The first-order valence-corrected chi connectivity index (χ1v) is 9.68. The van der Waals surface area contributed by atoms with Gasteiger partial charge in [0.2, 0.25) is 17.7 Å². The molecule has 2 bridgehead atoms. The summed E-state index contributed by atoms with van der Waals surface area (Å²) in [5, 5.41) is 3.22. The monoisotopic (exact) mass is 424 g/mol. The number of benzene rings is 1. The van der Waals surface area contributed by atoms with E-state index in [2.05, 4.69) is 21.2 Å². The number of halogens is 2. The number of hydrogen-bond acceptors (Lipinski definition) is 3. The van der Waals surface area contributed by atoms with Crippen molar-refractivity contribution >= 4 is 50.9 Å². The van der Waals surface area contributed by atoms with Gasteiger partial charge in [0.15, 0.2) is 0 Å². The highest BCUT2D eigenvalue weighted by atomic mass is 79.9. The van der Waals surface area contributed by atoms with Gasteiger partial charge in [0.25, 0.3) is 0 Å². The van der Waals surface area contributed by atoms with Gasteiger partial charge in [0, 0.05) is 10.2 Å². The van der Waals surface area contributed by atoms with Gasteiger partial charge in [-0.15, -0.1) is 0 Å². The topological polar surface area (TPSA) is 66.5 Å². The van der Waals surface area contributed by atoms with E-state index < -0.39 is 6.04 Å². The van der Waals surface area contributed by atoms with E-state index >= 15 is 0 Å². The van der Waals surface area contributed by atoms with Crippen molar-refractivity contribution in [2.24, 2.45) is 23.7 Å². The van der Waals surface area contributed by atoms with Crippen LogP contribution in [0.4, 0.5) is 5.69 Å². The first-order chi connectivity index (χ1) is 11.9. The Morgan fingerprint density at radius 2 is 1.84 bits per heavy atom. The van der Waals surface area contributed by atoms with E-state index in [1.54, 1.807) is 25.1 Å². The van der Waals surface area contributed by atoms with Crippen LogP contribution >= 0.6 is 27.5 Å². The summed E-state index contributed by atoms with van der Waals surface area (Å²) in [5.41, 5.74) is 0.532. The number of fused-ring (bicyclic) bond motifs is 5. The maximum absolute atomic E-state index is 12.8. The number of imide groups is 1. The highest BCUT2D eigenvalue weighted by molar-refractivity contribution is 9.10. The fourth-order valence-corrected chi connectivity index (χ4v) is 5.18. The molecule has 0 spiro atoms. The van der Waals surface area contributed by atoms with E-state index in [4.69, 9.17) is 11.6 Å². The molecule has 3 fully saturated rings. The predicted octanol–water partition coefficient (Wildman–Crippen LogP) is 3.46. The number of anilines is 1. The summed E-state index contributed by atoms with van der Waals surface area (Å²) in [6, 6.07) is 4.24. The van der Waals surface area contributed by atoms with Crippen molar-refractivity contribution in [3.8, 4) is 0 Å². The molecule has 0 aromatic heterocycles. The summed E-state index contributed by atoms with van der Waals surface area (Å²) in [5.74, 6) is -0.494. The number of likely N-dealkylation sites (tertiary alicyclic amines) is 1. The average molecular weight is 426 g/mol. The maximum Gasteiger partial charge on any atom is 0.247 e. The van der Waals surface area contributed by atoms with Gasteiger partial charge in [-0.2, -0.15) is 0 Å². The van der Waals surface area contributed by atoms with Crippen LogP contribution in [0, 0.1) is 23.7 Å². The Labute approximate surface area is 159 Å². The second kappa shape index (κ2) is 6.09. The molecule has 5 nitrogen and oxygen atoms in total. The van der Waals surface area contributed by atoms with Gasteiger partial charge in [-0.05, 0) is 72.2 Å². The normalized spacial score (nSPS) is 31.4. The lowest BCUT2D eigenvalue weighted by molar-refractivity contribution is -0.146. The fourth-order valence-electron chi connectivity index (χ4n) is 4.75. The molecule has 1 saturated heterocycles. The zero-order chi connectivity index (χ0) is 17.9. The molecule has 1 heterocycles. The molecule has 0 radical (unpaired) electrons. The highest BCUT2D eigenvalue weighted by Crippen LogP contribution is 2.56. The van der Waals surface area contributed by atoms with Gasteiger partial charge >= 0.3 is 0 Å². The summed E-state index contributed by atoms with van der Waals surface area (Å²) >= 11 is 9.33. The minimum Gasteiger partial charge on any atom is -0.324 e. The van der Waals surface area contributed by atoms with Gasteiger partial charge in [-0.1, -0.05) is 11.6 Å². The Bertz CT molecular complexity index is 756. The first-order valence-electron chi connectivity index (χ1n) is 8.51. The Balaban J connectivity index is 1.51. The number of nitrogens with one attached hydrogen (secondary N) is 1. The number of hydrogen-bond donors (Lipinski definition) is 1. The molecule has 1 aromatic carbocycles. The van der Waals surface area contributed by atoms with Gasteiger partial charge in [0.05, 0.1) is 16.9 Å². The van der Waals surface area contributed by atoms with Gasteiger partial charge in [-0.3, -0.25) is 19.3 Å². The van der Waals surface area contributed by atoms with E-state index in [-0.39, 0.29) is 29.6 Å². The van der Waals surface area contributed by atoms with Crippen molar-refractivity contribution in [2.75, 3.05) is 5.32 Å². The van der Waals surface area contributed by atoms with Crippen LogP contribution in [0.2, 0.25) is 5.02 Å². The van der Waals surface area contributed by atoms with E-state index in [1.807, 2.05) is 0 Å². The summed E-state index contributed by atoms with van der Waals surface area (Å²) in [7, 11) is 0. The van der Waals surface area contributed by atoms with Crippen LogP contribution in [0.15, 0.2) is 22.7 Å². The SMILES string of the molecule is C[C@H](C(=O)Nc1ccc(Br)c(Cl)c1)N1C(=O)[C@@H]2[C@@H]3CC[C@@H](C3)[C@@H]2C1=O. The Morgan fingerprint density at radius 1 is 1.24 bits per heavy atom. The summed E-state index contributed by atoms with van der Waals surface area (Å²) in [6.45, 7) is 1.61. The predicted molar refractivity (Wildman–Crippen MR) is 96.9 cm³/mol. The molecule has 1 aromatic rings. The van der Waals surface area contributed by atoms with Crippen molar-refractivity contribution in [1.29, 1.82) is 0 Å². The third-order valence-electron chi connectivity index (χ3n) is 5.92. The Hall–Kier alpha value is -1.40. The van der Waals surface area contributed by atoms with Crippen LogP contribution in [-0.4, -0.2) is 28.7 Å². The first kappa shape index (κ1) is 17.0. The second-order valence-corrected chi connectivity index (χ2v) is 8.49. The molecule has 5 atom stereocenters. The second-order valence-electron chi connectivity index (χ2n) is 7.23. The summed E-state index contributed by atoms with van der Waals surface area (Å²) < 4.78 is 0.730. The lowest BCUT2D eigenvalue weighted by Gasteiger charge is -2.23. The molecule has 2 aliphatic carbocycles. The van der Waals surface area contributed by atoms with Gasteiger partial charge in [0.1, 0.15) is 6.04 Å². The number of carbonyl (C=O) groups is 3. The van der Waals surface area contributed by atoms with Crippen LogP contribution in [-0.2, 0) is 14.4 Å². The third-order valence-corrected chi connectivity index (χ3v) is 7.15. The smallest absolute Gasteiger partial charge is 0.247 e. The molecule has 3 aliphatic rings. The molecule has 2 saturated carbocycles. The molecular formula is C18H18BrClN2O3. The maximum atomic E-state index is 12.8. The standard InChI is InChI=1S/C18H18BrClN2O3/c1-8(16(23)21-11-4-5-12(19)13(20)7-11)22-17(24)14-9-2-3-10(6-9)15(14)18(22)25/h4-5,7-10,14-15H,2-3,6H2,1H3,(H,21,23)/t8-,9-,10+,14-,15+/m1/s1. The molecule has 4 rings (SSSR count). The molecule has 1 aliphatic heterocycles. The minimum absolute atomic E-state index is 0.168. The summed E-state index contributed by atoms with van der Waals surface area (Å²) in [4.78, 5) is 39.3. The largest absolute Gasteiger partial charge is 0.324 e. The number of nitrogens with zero attached hydrogens (tertiary/aromatic N) is 1. The van der Waals surface area contributed by atoms with E-state index in [1.165, 1.54) is 4.90 Å². The lowest BCUT2D eigenvalue weighted by Crippen LogP contribution is -2.46. The highest BCUT2D eigenvalue weighted by Gasteiger charge is 2.62. The van der Waals surface area contributed by atoms with E-state index in [0.717, 1.165) is 23.7 Å². The molecule has 7 heteroatoms. The third kappa shape index (κ3) is 2.61. The van der Waals surface area contributed by atoms with Crippen LogP contribution in [0.25, 0.3) is 0 Å². The molecule has 0 unspecified atom stereocenters. The van der Waals surface area contributed by atoms with Crippen molar-refractivity contribution in [3.05, 3.63) is 27.7 Å². The Kier molecular flexibility index (Phi) is 4.15. The zero-order valence-electron chi connectivity index (χ0n) is 13.7. The minimum atomic E-state index is -0.826. The molecule has 3 amide bonds. The van der Waals surface area contributed by atoms with Gasteiger partial charge < -0.3 is 5.32 Å². The number of amides is 3. The van der Waals surface area contributed by atoms with Crippen LogP contribution < -0.4 is 5.32 Å². The van der Waals surface area contributed by atoms with Crippen LogP contribution in [0.3, 0.4) is 0 Å². The fraction of sp³-hybridized carbons (Fsp3) is 0.500. The van der Waals surface area contributed by atoms with Crippen molar-refractivity contribution in [3.63, 3.8) is 0 Å². The van der Waals surface area contributed by atoms with E-state index in [9.17, 15) is 14.4 Å². The Morgan fingerprint density at radius 3 is 2.40 bits per heavy atom. The quantitative estimate of drug-likeness (QED) is 0.754. The van der Waals surface area contributed by atoms with Crippen LogP contribution in [0.1, 0.15) is 26.2 Å². The van der Waals surface area contributed by atoms with Crippen molar-refractivity contribution < 1.29 is 14.4 Å². The van der Waals surface area contributed by atoms with Crippen LogP contribution in [0.5, 0.6) is 0 Å². The molecule has 1 N–H and O–H groups in total. The van der Waals surface area contributed by atoms with Crippen molar-refractivity contribution in [1.82, 2.24) is 4.90 Å². The molecule has 25 heavy (non-hydrogen) atoms. The van der Waals surface area contributed by atoms with Gasteiger partial charge in [-0.25, -0.2) is 0 Å². The lowest BCUT2D eigenvalue weighted by atomic mass is 9.81. The van der Waals surface area contributed by atoms with E-state index in [0.29, 0.717) is 22.5 Å². The average Bonchev–Trinajstić information content (AvgIpc) is 3.24. The summed E-state index contributed by atoms with van der Waals surface area (Å²) in [6.07, 6.45) is 3.03.